The maximum Gasteiger partial charge on any atom is 0.0512 e. The van der Waals surface area contributed by atoms with Crippen molar-refractivity contribution < 1.29 is 5.11 Å². The van der Waals surface area contributed by atoms with Crippen molar-refractivity contribution in [2.75, 3.05) is 0 Å². The normalized spacial score (nSPS) is 17.3. The van der Waals surface area contributed by atoms with E-state index in [1.807, 2.05) is 6.92 Å². The van der Waals surface area contributed by atoms with E-state index in [1.54, 1.807) is 6.92 Å². The number of aliphatic hydroxyl groups excluding tert-OH is 1. The third-order valence-corrected chi connectivity index (χ3v) is 1.28. The van der Waals surface area contributed by atoms with Crippen LogP contribution < -0.4 is 5.73 Å². The van der Waals surface area contributed by atoms with Crippen LogP contribution in [0, 0.1) is 0 Å². The van der Waals surface area contributed by atoms with Gasteiger partial charge < -0.3 is 10.8 Å². The van der Waals surface area contributed by atoms with Gasteiger partial charge in [-0.05, 0) is 33.1 Å². The largest absolute Gasteiger partial charge is 0.393 e. The summed E-state index contributed by atoms with van der Waals surface area (Å²) >= 11 is 0. The van der Waals surface area contributed by atoms with Crippen molar-refractivity contribution in [3.8, 4) is 0 Å². The van der Waals surface area contributed by atoms with E-state index < -0.39 is 0 Å². The molecular formula is C7H17NO. The Kier molecular flexibility index (Phi) is 4.72. The molecule has 0 aliphatic rings. The molecule has 0 aliphatic heterocycles. The number of rotatable bonds is 4. The molecule has 0 spiro atoms. The third-order valence-electron chi connectivity index (χ3n) is 1.28. The Bertz CT molecular complexity index is 53.9. The number of hydrogen-bond donors (Lipinski definition) is 2. The van der Waals surface area contributed by atoms with Crippen LogP contribution in [0.1, 0.15) is 33.1 Å². The molecule has 0 fully saturated rings. The summed E-state index contributed by atoms with van der Waals surface area (Å²) in [5.74, 6) is 0. The Morgan fingerprint density at radius 2 is 1.89 bits per heavy atom. The lowest BCUT2D eigenvalue weighted by Crippen LogP contribution is -2.15. The zero-order valence-electron chi connectivity index (χ0n) is 6.30. The molecule has 0 saturated heterocycles. The summed E-state index contributed by atoms with van der Waals surface area (Å²) < 4.78 is 0. The minimum Gasteiger partial charge on any atom is -0.393 e. The molecule has 0 rings (SSSR count). The van der Waals surface area contributed by atoms with E-state index in [0.29, 0.717) is 0 Å². The summed E-state index contributed by atoms with van der Waals surface area (Å²) in [6.07, 6.45) is 2.77. The van der Waals surface area contributed by atoms with E-state index in [0.717, 1.165) is 19.3 Å². The summed E-state index contributed by atoms with van der Waals surface area (Å²) in [6, 6.07) is 0.281. The van der Waals surface area contributed by atoms with Gasteiger partial charge in [-0.15, -0.1) is 0 Å². The van der Waals surface area contributed by atoms with Gasteiger partial charge in [-0.1, -0.05) is 0 Å². The Balaban J connectivity index is 2.91. The highest BCUT2D eigenvalue weighted by Crippen LogP contribution is 2.01. The van der Waals surface area contributed by atoms with Crippen LogP contribution in [0.25, 0.3) is 0 Å². The second kappa shape index (κ2) is 4.77. The fraction of sp³-hybridized carbons (Fsp3) is 1.00. The predicted octanol–water partition coefficient (Wildman–Crippen LogP) is 0.885. The van der Waals surface area contributed by atoms with E-state index in [4.69, 9.17) is 10.8 Å². The Hall–Kier alpha value is -0.0800. The van der Waals surface area contributed by atoms with Crippen LogP contribution in [-0.2, 0) is 0 Å². The molecule has 0 heterocycles. The predicted molar refractivity (Wildman–Crippen MR) is 39.2 cm³/mol. The number of hydrogen-bond acceptors (Lipinski definition) is 2. The van der Waals surface area contributed by atoms with Crippen molar-refractivity contribution in [3.05, 3.63) is 0 Å². The van der Waals surface area contributed by atoms with Gasteiger partial charge in [0.1, 0.15) is 0 Å². The van der Waals surface area contributed by atoms with Crippen LogP contribution in [0.3, 0.4) is 0 Å². The molecule has 0 radical (unpaired) electrons. The zero-order chi connectivity index (χ0) is 7.28. The van der Waals surface area contributed by atoms with Crippen LogP contribution in [0.15, 0.2) is 0 Å². The monoisotopic (exact) mass is 131 g/mol. The molecular weight excluding hydrogens is 114 g/mol. The van der Waals surface area contributed by atoms with Gasteiger partial charge in [0, 0.05) is 6.04 Å². The molecule has 0 aromatic rings. The standard InChI is InChI=1S/C7H17NO/c1-6(8)4-3-5-7(2)9/h6-7,9H,3-5,8H2,1-2H3. The average Bonchev–Trinajstić information content (AvgIpc) is 1.63. The first-order valence-corrected chi connectivity index (χ1v) is 3.56. The molecule has 2 atom stereocenters. The molecule has 0 aliphatic carbocycles. The molecule has 0 saturated carbocycles. The van der Waals surface area contributed by atoms with Gasteiger partial charge in [0.05, 0.1) is 6.10 Å². The molecule has 2 heteroatoms. The molecule has 0 bridgehead atoms. The molecule has 2 unspecified atom stereocenters. The van der Waals surface area contributed by atoms with Gasteiger partial charge in [0.2, 0.25) is 0 Å². The van der Waals surface area contributed by atoms with Gasteiger partial charge >= 0.3 is 0 Å². The smallest absolute Gasteiger partial charge is 0.0512 e. The highest BCUT2D eigenvalue weighted by Gasteiger charge is 1.96. The summed E-state index contributed by atoms with van der Waals surface area (Å²) in [7, 11) is 0. The second-order valence-electron chi connectivity index (χ2n) is 2.76. The molecule has 0 aromatic carbocycles. The second-order valence-corrected chi connectivity index (χ2v) is 2.76. The molecule has 0 aromatic heterocycles. The minimum atomic E-state index is -0.163. The first kappa shape index (κ1) is 8.92. The maximum absolute atomic E-state index is 8.82. The highest BCUT2D eigenvalue weighted by molar-refractivity contribution is 4.54. The van der Waals surface area contributed by atoms with Crippen molar-refractivity contribution in [2.45, 2.75) is 45.3 Å². The van der Waals surface area contributed by atoms with Crippen LogP contribution in [0.5, 0.6) is 0 Å². The Morgan fingerprint density at radius 3 is 2.22 bits per heavy atom. The fourth-order valence-corrected chi connectivity index (χ4v) is 0.735. The third kappa shape index (κ3) is 7.92. The van der Waals surface area contributed by atoms with Crippen LogP contribution in [0.2, 0.25) is 0 Å². The average molecular weight is 131 g/mol. The SMILES string of the molecule is CC(N)CCCC(C)O. The molecule has 2 nitrogen and oxygen atoms in total. The number of nitrogens with two attached hydrogens (primary N) is 1. The molecule has 9 heavy (non-hydrogen) atoms. The summed E-state index contributed by atoms with van der Waals surface area (Å²) in [4.78, 5) is 0. The topological polar surface area (TPSA) is 46.2 Å². The van der Waals surface area contributed by atoms with E-state index >= 15 is 0 Å². The Labute approximate surface area is 57.1 Å². The van der Waals surface area contributed by atoms with Crippen LogP contribution in [0.4, 0.5) is 0 Å². The summed E-state index contributed by atoms with van der Waals surface area (Å²) in [5.41, 5.74) is 5.50. The molecule has 0 amide bonds. The molecule has 56 valence electrons. The fourth-order valence-electron chi connectivity index (χ4n) is 0.735. The zero-order valence-corrected chi connectivity index (χ0v) is 6.30. The lowest BCUT2D eigenvalue weighted by molar-refractivity contribution is 0.180. The van der Waals surface area contributed by atoms with Crippen molar-refractivity contribution >= 4 is 0 Å². The first-order valence-electron chi connectivity index (χ1n) is 3.56. The van der Waals surface area contributed by atoms with Gasteiger partial charge in [-0.2, -0.15) is 0 Å². The minimum absolute atomic E-state index is 0.163. The van der Waals surface area contributed by atoms with Crippen LogP contribution >= 0.6 is 0 Å². The van der Waals surface area contributed by atoms with Gasteiger partial charge in [0.25, 0.3) is 0 Å². The lowest BCUT2D eigenvalue weighted by Gasteiger charge is -2.05. The van der Waals surface area contributed by atoms with Crippen molar-refractivity contribution in [1.82, 2.24) is 0 Å². The number of aliphatic hydroxyl groups is 1. The van der Waals surface area contributed by atoms with Gasteiger partial charge in [0.15, 0.2) is 0 Å². The highest BCUT2D eigenvalue weighted by atomic mass is 16.3. The van der Waals surface area contributed by atoms with E-state index in [9.17, 15) is 0 Å². The van der Waals surface area contributed by atoms with Gasteiger partial charge in [-0.3, -0.25) is 0 Å². The first-order chi connectivity index (χ1) is 4.13. The van der Waals surface area contributed by atoms with E-state index in [-0.39, 0.29) is 12.1 Å². The van der Waals surface area contributed by atoms with Crippen LogP contribution in [-0.4, -0.2) is 17.3 Å². The van der Waals surface area contributed by atoms with E-state index in [1.165, 1.54) is 0 Å². The Morgan fingerprint density at radius 1 is 1.33 bits per heavy atom. The van der Waals surface area contributed by atoms with Gasteiger partial charge in [-0.25, -0.2) is 0 Å². The molecule has 3 N–H and O–H groups in total. The quantitative estimate of drug-likeness (QED) is 0.595. The maximum atomic E-state index is 8.82. The van der Waals surface area contributed by atoms with Crippen molar-refractivity contribution in [3.63, 3.8) is 0 Å². The van der Waals surface area contributed by atoms with Crippen molar-refractivity contribution in [1.29, 1.82) is 0 Å². The summed E-state index contributed by atoms with van der Waals surface area (Å²) in [5, 5.41) is 8.82. The van der Waals surface area contributed by atoms with E-state index in [2.05, 4.69) is 0 Å². The summed E-state index contributed by atoms with van der Waals surface area (Å²) in [6.45, 7) is 3.79. The lowest BCUT2D eigenvalue weighted by atomic mass is 10.1. The van der Waals surface area contributed by atoms with Crippen molar-refractivity contribution in [2.24, 2.45) is 5.73 Å².